The van der Waals surface area contributed by atoms with Gasteiger partial charge in [0.15, 0.2) is 0 Å². The van der Waals surface area contributed by atoms with E-state index in [1.54, 1.807) is 11.3 Å². The van der Waals surface area contributed by atoms with Crippen LogP contribution in [0, 0.1) is 0 Å². The zero-order valence-corrected chi connectivity index (χ0v) is 12.6. The molecule has 0 aliphatic rings. The van der Waals surface area contributed by atoms with E-state index in [0.29, 0.717) is 6.61 Å². The van der Waals surface area contributed by atoms with Gasteiger partial charge in [0.1, 0.15) is 5.75 Å². The van der Waals surface area contributed by atoms with Gasteiger partial charge in [-0.15, -0.1) is 11.3 Å². The molecule has 0 spiro atoms. The summed E-state index contributed by atoms with van der Waals surface area (Å²) in [6, 6.07) is 12.2. The van der Waals surface area contributed by atoms with Crippen molar-refractivity contribution in [1.29, 1.82) is 0 Å². The third-order valence-electron chi connectivity index (χ3n) is 2.65. The number of hydrogen-bond donors (Lipinski definition) is 1. The summed E-state index contributed by atoms with van der Waals surface area (Å²) in [4.78, 5) is 1.29. The van der Waals surface area contributed by atoms with E-state index in [1.807, 2.05) is 25.1 Å². The van der Waals surface area contributed by atoms with Gasteiger partial charge in [-0.3, -0.25) is 0 Å². The van der Waals surface area contributed by atoms with Crippen LogP contribution in [0.4, 0.5) is 0 Å². The van der Waals surface area contributed by atoms with Crippen LogP contribution in [0.2, 0.25) is 0 Å². The van der Waals surface area contributed by atoms with Gasteiger partial charge >= 0.3 is 0 Å². The number of nitrogens with two attached hydrogens (primary N) is 1. The van der Waals surface area contributed by atoms with Crippen LogP contribution in [0.15, 0.2) is 40.2 Å². The lowest BCUT2D eigenvalue weighted by atomic mass is 10.0. The molecule has 0 amide bonds. The second-order valence-corrected chi connectivity index (χ2v) is 6.57. The number of halogens is 1. The number of thiophene rings is 1. The van der Waals surface area contributed by atoms with E-state index in [4.69, 9.17) is 10.5 Å². The molecule has 1 atom stereocenters. The average Bonchev–Trinajstić information content (AvgIpc) is 2.75. The minimum atomic E-state index is 0.0101. The van der Waals surface area contributed by atoms with E-state index < -0.39 is 0 Å². The standard InChI is InChI=1S/C14H16BrNOS/c1-2-17-11-5-3-4-10(8-11)13(16)9-12-6-7-14(15)18-12/h3-8,13H,2,9,16H2,1H3. The van der Waals surface area contributed by atoms with E-state index in [1.165, 1.54) is 4.88 Å². The Labute approximate surface area is 120 Å². The summed E-state index contributed by atoms with van der Waals surface area (Å²) < 4.78 is 6.64. The first-order valence-corrected chi connectivity index (χ1v) is 7.52. The Bertz CT molecular complexity index is 512. The molecule has 1 unspecified atom stereocenters. The molecule has 2 rings (SSSR count). The number of ether oxygens (including phenoxy) is 1. The Morgan fingerprint density at radius 1 is 1.33 bits per heavy atom. The highest BCUT2D eigenvalue weighted by molar-refractivity contribution is 9.11. The fourth-order valence-electron chi connectivity index (χ4n) is 1.80. The Balaban J connectivity index is 2.08. The first kappa shape index (κ1) is 13.6. The smallest absolute Gasteiger partial charge is 0.119 e. The van der Waals surface area contributed by atoms with Crippen molar-refractivity contribution in [3.05, 3.63) is 50.6 Å². The normalized spacial score (nSPS) is 12.4. The van der Waals surface area contributed by atoms with Gasteiger partial charge in [0.25, 0.3) is 0 Å². The molecule has 0 bridgehead atoms. The van der Waals surface area contributed by atoms with Crippen LogP contribution in [0.3, 0.4) is 0 Å². The molecule has 0 aliphatic carbocycles. The first-order valence-electron chi connectivity index (χ1n) is 5.91. The molecule has 1 heterocycles. The van der Waals surface area contributed by atoms with Crippen molar-refractivity contribution in [2.24, 2.45) is 5.73 Å². The van der Waals surface area contributed by atoms with Gasteiger partial charge in [-0.1, -0.05) is 12.1 Å². The summed E-state index contributed by atoms with van der Waals surface area (Å²) in [5, 5.41) is 0. The van der Waals surface area contributed by atoms with Crippen molar-refractivity contribution < 1.29 is 4.74 Å². The summed E-state index contributed by atoms with van der Waals surface area (Å²) >= 11 is 5.20. The van der Waals surface area contributed by atoms with Gasteiger partial charge in [-0.25, -0.2) is 0 Å². The second kappa shape index (κ2) is 6.36. The number of benzene rings is 1. The highest BCUT2D eigenvalue weighted by Gasteiger charge is 2.09. The summed E-state index contributed by atoms with van der Waals surface area (Å²) in [6.45, 7) is 2.66. The largest absolute Gasteiger partial charge is 0.494 e. The maximum atomic E-state index is 6.24. The number of rotatable bonds is 5. The molecule has 0 saturated heterocycles. The van der Waals surface area contributed by atoms with Crippen LogP contribution in [-0.4, -0.2) is 6.61 Å². The minimum absolute atomic E-state index is 0.0101. The van der Waals surface area contributed by atoms with Gasteiger partial charge in [0.2, 0.25) is 0 Å². The molecule has 0 fully saturated rings. The van der Waals surface area contributed by atoms with E-state index >= 15 is 0 Å². The SMILES string of the molecule is CCOc1cccc(C(N)Cc2ccc(Br)s2)c1. The van der Waals surface area contributed by atoms with E-state index in [9.17, 15) is 0 Å². The maximum Gasteiger partial charge on any atom is 0.119 e. The average molecular weight is 326 g/mol. The lowest BCUT2D eigenvalue weighted by Crippen LogP contribution is -2.12. The fourth-order valence-corrected chi connectivity index (χ4v) is 3.34. The molecule has 0 aliphatic heterocycles. The third-order valence-corrected chi connectivity index (χ3v) is 4.29. The van der Waals surface area contributed by atoms with Crippen LogP contribution < -0.4 is 10.5 Å². The van der Waals surface area contributed by atoms with E-state index in [0.717, 1.165) is 21.5 Å². The zero-order valence-electron chi connectivity index (χ0n) is 10.2. The molecule has 96 valence electrons. The van der Waals surface area contributed by atoms with Crippen molar-refractivity contribution >= 4 is 27.3 Å². The fraction of sp³-hybridized carbons (Fsp3) is 0.286. The molecule has 0 saturated carbocycles. The summed E-state index contributed by atoms with van der Waals surface area (Å²) in [5.41, 5.74) is 7.35. The predicted molar refractivity (Wildman–Crippen MR) is 80.3 cm³/mol. The van der Waals surface area contributed by atoms with Crippen LogP contribution in [0.5, 0.6) is 5.75 Å². The molecule has 18 heavy (non-hydrogen) atoms. The Morgan fingerprint density at radius 2 is 2.17 bits per heavy atom. The van der Waals surface area contributed by atoms with E-state index in [2.05, 4.69) is 34.1 Å². The van der Waals surface area contributed by atoms with Gasteiger partial charge in [-0.2, -0.15) is 0 Å². The molecule has 2 nitrogen and oxygen atoms in total. The Hall–Kier alpha value is -0.840. The van der Waals surface area contributed by atoms with Gasteiger partial charge in [0, 0.05) is 17.3 Å². The van der Waals surface area contributed by atoms with Crippen molar-refractivity contribution in [1.82, 2.24) is 0 Å². The molecular weight excluding hydrogens is 310 g/mol. The van der Waals surface area contributed by atoms with Crippen molar-refractivity contribution in [2.45, 2.75) is 19.4 Å². The summed E-state index contributed by atoms with van der Waals surface area (Å²) in [5.74, 6) is 0.887. The molecule has 2 aromatic rings. The maximum absolute atomic E-state index is 6.24. The van der Waals surface area contributed by atoms with Gasteiger partial charge in [-0.05, 0) is 52.7 Å². The molecule has 0 radical (unpaired) electrons. The molecule has 2 N–H and O–H groups in total. The van der Waals surface area contributed by atoms with Gasteiger partial charge < -0.3 is 10.5 Å². The topological polar surface area (TPSA) is 35.2 Å². The lowest BCUT2D eigenvalue weighted by Gasteiger charge is -2.12. The van der Waals surface area contributed by atoms with Crippen LogP contribution in [-0.2, 0) is 6.42 Å². The summed E-state index contributed by atoms with van der Waals surface area (Å²) in [6.07, 6.45) is 0.853. The highest BCUT2D eigenvalue weighted by Crippen LogP contribution is 2.27. The Morgan fingerprint density at radius 3 is 2.83 bits per heavy atom. The summed E-state index contributed by atoms with van der Waals surface area (Å²) in [7, 11) is 0. The Kier molecular flexibility index (Phi) is 4.80. The quantitative estimate of drug-likeness (QED) is 0.896. The van der Waals surface area contributed by atoms with Crippen molar-refractivity contribution in [2.75, 3.05) is 6.61 Å². The monoisotopic (exact) mass is 325 g/mol. The van der Waals surface area contributed by atoms with Crippen LogP contribution in [0.25, 0.3) is 0 Å². The molecular formula is C14H16BrNOS. The van der Waals surface area contributed by atoms with Crippen molar-refractivity contribution in [3.63, 3.8) is 0 Å². The molecule has 1 aromatic carbocycles. The molecule has 1 aromatic heterocycles. The molecule has 4 heteroatoms. The lowest BCUT2D eigenvalue weighted by molar-refractivity contribution is 0.339. The minimum Gasteiger partial charge on any atom is -0.494 e. The van der Waals surface area contributed by atoms with E-state index in [-0.39, 0.29) is 6.04 Å². The van der Waals surface area contributed by atoms with Crippen LogP contribution in [0.1, 0.15) is 23.4 Å². The zero-order chi connectivity index (χ0) is 13.0. The third kappa shape index (κ3) is 3.57. The predicted octanol–water partition coefficient (Wildman–Crippen LogP) is 4.15. The van der Waals surface area contributed by atoms with Crippen molar-refractivity contribution in [3.8, 4) is 5.75 Å². The number of hydrogen-bond acceptors (Lipinski definition) is 3. The first-order chi connectivity index (χ1) is 8.69. The van der Waals surface area contributed by atoms with Gasteiger partial charge in [0.05, 0.1) is 10.4 Å². The second-order valence-electron chi connectivity index (χ2n) is 4.02. The van der Waals surface area contributed by atoms with Crippen LogP contribution >= 0.6 is 27.3 Å². The highest BCUT2D eigenvalue weighted by atomic mass is 79.9.